The Morgan fingerprint density at radius 2 is 1.83 bits per heavy atom. The number of H-pyrrole nitrogens is 1. The number of hydrogen-bond acceptors (Lipinski definition) is 5. The van der Waals surface area contributed by atoms with Gasteiger partial charge in [-0.15, -0.1) is 0 Å². The van der Waals surface area contributed by atoms with Gasteiger partial charge in [-0.05, 0) is 74.4 Å². The molecule has 1 fully saturated rings. The lowest BCUT2D eigenvalue weighted by atomic mass is 9.93. The summed E-state index contributed by atoms with van der Waals surface area (Å²) in [6, 6.07) is 9.31. The number of rotatable bonds is 7. The van der Waals surface area contributed by atoms with E-state index < -0.39 is 82.2 Å². The summed E-state index contributed by atoms with van der Waals surface area (Å²) in [7, 11) is 1.59. The number of pyridine rings is 1. The van der Waals surface area contributed by atoms with Crippen molar-refractivity contribution in [2.75, 3.05) is 0 Å². The molecule has 270 valence electrons. The topological polar surface area (TPSA) is 118 Å². The summed E-state index contributed by atoms with van der Waals surface area (Å²) in [4.78, 5) is 31.1. The van der Waals surface area contributed by atoms with Crippen molar-refractivity contribution >= 4 is 16.8 Å². The molecule has 0 saturated heterocycles. The van der Waals surface area contributed by atoms with Crippen molar-refractivity contribution in [3.05, 3.63) is 104 Å². The molecule has 0 bridgehead atoms. The van der Waals surface area contributed by atoms with Crippen LogP contribution in [0.1, 0.15) is 66.1 Å². The first kappa shape index (κ1) is 35.0. The van der Waals surface area contributed by atoms with Crippen LogP contribution in [0.2, 0.25) is 0 Å². The molecule has 5 aromatic rings. The van der Waals surface area contributed by atoms with Gasteiger partial charge < -0.3 is 10.4 Å². The standard InChI is InChI=1S/C36H29F7N6O3/c1-34(2,52)10-9-20-7-8-21(22-5-4-6-23-30(22)48(3)47-33(23)51)29(44-20)26(13-17-11-18(37)14-19(38)12-17)45-27(50)16-49-32-28(31(46-49)36(41,42)43)24-15-25(24)35(32,39)40/h4-8,11-12,14,24-26,52H,13,15-16H2,1-3H3,(H,45,50)(H,47,51). The van der Waals surface area contributed by atoms with E-state index in [9.17, 15) is 36.6 Å². The summed E-state index contributed by atoms with van der Waals surface area (Å²) in [5.74, 6) is -3.55. The molecule has 3 aromatic heterocycles. The zero-order chi connectivity index (χ0) is 37.5. The fourth-order valence-corrected chi connectivity index (χ4v) is 6.98. The van der Waals surface area contributed by atoms with Crippen LogP contribution >= 0.6 is 0 Å². The number of aliphatic hydroxyl groups is 1. The normalized spacial score (nSPS) is 18.1. The molecule has 3 atom stereocenters. The number of halogens is 7. The molecule has 1 amide bonds. The van der Waals surface area contributed by atoms with Crippen molar-refractivity contribution in [2.24, 2.45) is 13.0 Å². The molecule has 9 nitrogen and oxygen atoms in total. The van der Waals surface area contributed by atoms with Gasteiger partial charge in [0.1, 0.15) is 35.2 Å². The Kier molecular flexibility index (Phi) is 8.13. The Morgan fingerprint density at radius 1 is 1.12 bits per heavy atom. The lowest BCUT2D eigenvalue weighted by Crippen LogP contribution is -2.35. The van der Waals surface area contributed by atoms with Crippen molar-refractivity contribution in [3.63, 3.8) is 0 Å². The van der Waals surface area contributed by atoms with Crippen molar-refractivity contribution < 1.29 is 40.6 Å². The smallest absolute Gasteiger partial charge is 0.378 e. The van der Waals surface area contributed by atoms with Crippen LogP contribution in [-0.4, -0.2) is 41.2 Å². The number of aromatic amines is 1. The maximum absolute atomic E-state index is 15.3. The summed E-state index contributed by atoms with van der Waals surface area (Å²) in [6.45, 7) is 1.83. The van der Waals surface area contributed by atoms with Crippen LogP contribution in [0.15, 0.2) is 53.3 Å². The number of alkyl halides is 5. The van der Waals surface area contributed by atoms with E-state index in [0.717, 1.165) is 12.1 Å². The van der Waals surface area contributed by atoms with Crippen molar-refractivity contribution in [2.45, 2.75) is 62.9 Å². The highest BCUT2D eigenvalue weighted by Gasteiger charge is 2.68. The number of nitrogens with one attached hydrogen (secondary N) is 2. The van der Waals surface area contributed by atoms with Gasteiger partial charge in [0.2, 0.25) is 5.91 Å². The van der Waals surface area contributed by atoms with Gasteiger partial charge >= 0.3 is 6.18 Å². The number of aromatic nitrogens is 5. The predicted molar refractivity (Wildman–Crippen MR) is 173 cm³/mol. The summed E-state index contributed by atoms with van der Waals surface area (Å²) < 4.78 is 103. The van der Waals surface area contributed by atoms with Gasteiger partial charge in [0.25, 0.3) is 11.5 Å². The van der Waals surface area contributed by atoms with Crippen LogP contribution < -0.4 is 10.9 Å². The predicted octanol–water partition coefficient (Wildman–Crippen LogP) is 5.85. The largest absolute Gasteiger partial charge is 0.435 e. The van der Waals surface area contributed by atoms with E-state index in [2.05, 4.69) is 32.3 Å². The molecule has 52 heavy (non-hydrogen) atoms. The Hall–Kier alpha value is -5.43. The first-order valence-corrected chi connectivity index (χ1v) is 16.1. The zero-order valence-electron chi connectivity index (χ0n) is 27.7. The van der Waals surface area contributed by atoms with E-state index in [-0.39, 0.29) is 29.8 Å². The number of fused-ring (bicyclic) bond motifs is 4. The number of aryl methyl sites for hydroxylation is 1. The van der Waals surface area contributed by atoms with E-state index in [0.29, 0.717) is 32.8 Å². The van der Waals surface area contributed by atoms with Crippen molar-refractivity contribution in [3.8, 4) is 23.0 Å². The number of amides is 1. The third-order valence-electron chi connectivity index (χ3n) is 9.12. The molecule has 2 aliphatic carbocycles. The lowest BCUT2D eigenvalue weighted by Gasteiger charge is -2.23. The Balaban J connectivity index is 1.36. The monoisotopic (exact) mass is 726 g/mol. The molecular weight excluding hydrogens is 697 g/mol. The number of benzene rings is 2. The second kappa shape index (κ2) is 12.1. The number of nitrogens with zero attached hydrogens (tertiary/aromatic N) is 4. The number of carbonyl (C=O) groups is 1. The molecule has 16 heteroatoms. The minimum Gasteiger partial charge on any atom is -0.378 e. The molecule has 0 spiro atoms. The fraction of sp³-hybridized carbons (Fsp3) is 0.333. The molecule has 3 N–H and O–H groups in total. The summed E-state index contributed by atoms with van der Waals surface area (Å²) in [5, 5.41) is 19.3. The quantitative estimate of drug-likeness (QED) is 0.144. The van der Waals surface area contributed by atoms with Crippen LogP contribution in [0.25, 0.3) is 22.0 Å². The van der Waals surface area contributed by atoms with Gasteiger partial charge in [0, 0.05) is 35.7 Å². The van der Waals surface area contributed by atoms with Gasteiger partial charge in [-0.2, -0.15) is 27.1 Å². The average molecular weight is 727 g/mol. The molecule has 0 radical (unpaired) electrons. The first-order valence-electron chi connectivity index (χ1n) is 16.1. The summed E-state index contributed by atoms with van der Waals surface area (Å²) in [6.07, 6.45) is -5.52. The van der Waals surface area contributed by atoms with E-state index in [1.165, 1.54) is 24.6 Å². The van der Waals surface area contributed by atoms with Crippen LogP contribution in [-0.2, 0) is 36.9 Å². The highest BCUT2D eigenvalue weighted by molar-refractivity contribution is 5.94. The Morgan fingerprint density at radius 3 is 2.50 bits per heavy atom. The second-order valence-electron chi connectivity index (χ2n) is 13.6. The second-order valence-corrected chi connectivity index (χ2v) is 13.6. The molecule has 1 saturated carbocycles. The minimum atomic E-state index is -5.05. The van der Waals surface area contributed by atoms with Crippen molar-refractivity contribution in [1.29, 1.82) is 0 Å². The fourth-order valence-electron chi connectivity index (χ4n) is 6.98. The molecule has 3 heterocycles. The first-order chi connectivity index (χ1) is 24.3. The number of para-hydroxylation sites is 1. The summed E-state index contributed by atoms with van der Waals surface area (Å²) in [5.41, 5.74) is -3.52. The van der Waals surface area contributed by atoms with E-state index in [1.54, 1.807) is 31.3 Å². The van der Waals surface area contributed by atoms with E-state index in [1.807, 2.05) is 0 Å². The molecule has 3 unspecified atom stereocenters. The third-order valence-corrected chi connectivity index (χ3v) is 9.12. The highest BCUT2D eigenvalue weighted by atomic mass is 19.4. The SMILES string of the molecule is Cn1[nH]c(=O)c2cccc(-c3ccc(C#CC(C)(C)O)nc3C(Cc3cc(F)cc(F)c3)NC(=O)Cn3nc(C(F)(F)F)c4c3C(F)(F)C3CC43)c21. The minimum absolute atomic E-state index is 0.0433. The van der Waals surface area contributed by atoms with Gasteiger partial charge in [-0.1, -0.05) is 18.1 Å². The Bertz CT molecular complexity index is 2370. The maximum atomic E-state index is 15.3. The van der Waals surface area contributed by atoms with Crippen LogP contribution in [0.3, 0.4) is 0 Å². The average Bonchev–Trinajstić information content (AvgIpc) is 3.59. The third kappa shape index (κ3) is 6.33. The maximum Gasteiger partial charge on any atom is 0.435 e. The Labute approximate surface area is 290 Å². The molecule has 0 aliphatic heterocycles. The van der Waals surface area contributed by atoms with Gasteiger partial charge in [-0.25, -0.2) is 13.8 Å². The van der Waals surface area contributed by atoms with E-state index >= 15 is 8.78 Å². The molecule has 2 aromatic carbocycles. The van der Waals surface area contributed by atoms with Crippen LogP contribution in [0.5, 0.6) is 0 Å². The molecule has 2 aliphatic rings. The summed E-state index contributed by atoms with van der Waals surface area (Å²) >= 11 is 0. The lowest BCUT2D eigenvalue weighted by molar-refractivity contribution is -0.142. The van der Waals surface area contributed by atoms with Gasteiger partial charge in [-0.3, -0.25) is 24.1 Å². The van der Waals surface area contributed by atoms with Gasteiger partial charge in [0.15, 0.2) is 5.69 Å². The molecule has 7 rings (SSSR count). The number of hydrogen-bond donors (Lipinski definition) is 3. The zero-order valence-corrected chi connectivity index (χ0v) is 27.7. The van der Waals surface area contributed by atoms with Crippen molar-refractivity contribution in [1.82, 2.24) is 29.9 Å². The molecular formula is C36H29F7N6O3. The van der Waals surface area contributed by atoms with Gasteiger partial charge in [0.05, 0.1) is 22.6 Å². The van der Waals surface area contributed by atoms with Crippen LogP contribution in [0, 0.1) is 29.4 Å². The van der Waals surface area contributed by atoms with Crippen LogP contribution in [0.4, 0.5) is 30.7 Å². The van der Waals surface area contributed by atoms with E-state index in [4.69, 9.17) is 0 Å². The number of carbonyl (C=O) groups excluding carboxylic acids is 1. The highest BCUT2D eigenvalue weighted by Crippen LogP contribution is 2.68.